The fourth-order valence-electron chi connectivity index (χ4n) is 4.45. The molecule has 0 N–H and O–H groups in total. The van der Waals surface area contributed by atoms with Gasteiger partial charge in [-0.25, -0.2) is 0 Å². The number of pyridine rings is 2. The summed E-state index contributed by atoms with van der Waals surface area (Å²) in [4.78, 5) is 38.0. The van der Waals surface area contributed by atoms with E-state index in [4.69, 9.17) is 4.98 Å². The normalized spacial score (nSPS) is 19.7. The van der Waals surface area contributed by atoms with Crippen molar-refractivity contribution in [1.29, 1.82) is 0 Å². The molecule has 0 aromatic carbocycles. The molecule has 6 heteroatoms. The number of likely N-dealkylation sites (tertiary alicyclic amines) is 2. The number of hydrogen-bond donors (Lipinski definition) is 0. The van der Waals surface area contributed by atoms with Crippen LogP contribution in [0.5, 0.6) is 0 Å². The van der Waals surface area contributed by atoms with Crippen molar-refractivity contribution in [3.8, 4) is 0 Å². The molecule has 0 radical (unpaired) electrons. The fraction of sp³-hybridized carbons (Fsp3) is 0.455. The van der Waals surface area contributed by atoms with Gasteiger partial charge in [-0.15, -0.1) is 0 Å². The van der Waals surface area contributed by atoms with Crippen LogP contribution >= 0.6 is 0 Å². The molecule has 2 fully saturated rings. The van der Waals surface area contributed by atoms with Gasteiger partial charge in [-0.3, -0.25) is 29.4 Å². The molecular weight excluding hydrogens is 352 g/mol. The molecule has 0 bridgehead atoms. The molecule has 4 heterocycles. The van der Waals surface area contributed by atoms with Crippen LogP contribution in [0.2, 0.25) is 0 Å². The van der Waals surface area contributed by atoms with Crippen molar-refractivity contribution < 1.29 is 9.59 Å². The van der Waals surface area contributed by atoms with Gasteiger partial charge in [-0.1, -0.05) is 12.1 Å². The lowest BCUT2D eigenvalue weighted by Gasteiger charge is -2.52. The summed E-state index contributed by atoms with van der Waals surface area (Å²) in [5.74, 6) is 0.635. The fourth-order valence-corrected chi connectivity index (χ4v) is 4.45. The second-order valence-corrected chi connectivity index (χ2v) is 7.58. The van der Waals surface area contributed by atoms with Crippen molar-refractivity contribution >= 4 is 11.6 Å². The summed E-state index contributed by atoms with van der Waals surface area (Å²) in [6.07, 6.45) is 6.55. The third kappa shape index (κ3) is 3.75. The zero-order valence-electron chi connectivity index (χ0n) is 16.1. The zero-order valence-corrected chi connectivity index (χ0v) is 16.1. The van der Waals surface area contributed by atoms with E-state index < -0.39 is 5.66 Å². The lowest BCUT2D eigenvalue weighted by atomic mass is 9.89. The van der Waals surface area contributed by atoms with Gasteiger partial charge in [0.25, 0.3) is 0 Å². The molecule has 0 saturated carbocycles. The van der Waals surface area contributed by atoms with Gasteiger partial charge < -0.3 is 0 Å². The lowest BCUT2D eigenvalue weighted by Crippen LogP contribution is -2.63. The Labute approximate surface area is 165 Å². The van der Waals surface area contributed by atoms with Gasteiger partial charge in [-0.05, 0) is 24.3 Å². The number of piperidine rings is 2. The van der Waals surface area contributed by atoms with Crippen LogP contribution in [0, 0.1) is 0 Å². The van der Waals surface area contributed by atoms with E-state index in [0.29, 0.717) is 69.8 Å². The summed E-state index contributed by atoms with van der Waals surface area (Å²) in [5.41, 5.74) is 1.45. The molecule has 0 spiro atoms. The van der Waals surface area contributed by atoms with E-state index in [1.807, 2.05) is 42.7 Å². The molecule has 0 unspecified atom stereocenters. The molecule has 0 atom stereocenters. The van der Waals surface area contributed by atoms with Crippen LogP contribution in [-0.2, 0) is 21.7 Å². The Hall–Kier alpha value is -2.44. The molecule has 2 aliphatic heterocycles. The van der Waals surface area contributed by atoms with Crippen molar-refractivity contribution in [3.63, 3.8) is 0 Å². The predicted octanol–water partition coefficient (Wildman–Crippen LogP) is 2.20. The Morgan fingerprint density at radius 2 is 1.29 bits per heavy atom. The van der Waals surface area contributed by atoms with Crippen LogP contribution in [0.3, 0.4) is 0 Å². The van der Waals surface area contributed by atoms with Crippen molar-refractivity contribution in [2.45, 2.75) is 37.8 Å². The van der Waals surface area contributed by atoms with Gasteiger partial charge in [0.15, 0.2) is 0 Å². The van der Waals surface area contributed by atoms with Crippen molar-refractivity contribution in [2.24, 2.45) is 0 Å². The summed E-state index contributed by atoms with van der Waals surface area (Å²) in [6.45, 7) is 2.80. The SMILES string of the molecule is O=C1CCN(C(Cc2ccccn2)(c2ccccn2)N2CCC(=O)CC2)CC1. The Morgan fingerprint density at radius 1 is 0.750 bits per heavy atom. The minimum Gasteiger partial charge on any atom is -0.300 e. The minimum absolute atomic E-state index is 0.317. The van der Waals surface area contributed by atoms with E-state index in [0.717, 1.165) is 11.4 Å². The van der Waals surface area contributed by atoms with E-state index in [2.05, 4.69) is 20.9 Å². The molecule has 146 valence electrons. The highest BCUT2D eigenvalue weighted by molar-refractivity contribution is 5.80. The maximum absolute atomic E-state index is 11.9. The average Bonchev–Trinajstić information content (AvgIpc) is 2.75. The Morgan fingerprint density at radius 3 is 1.75 bits per heavy atom. The molecule has 2 aromatic rings. The first-order valence-electron chi connectivity index (χ1n) is 10.0. The van der Waals surface area contributed by atoms with E-state index in [9.17, 15) is 9.59 Å². The molecule has 0 amide bonds. The van der Waals surface area contributed by atoms with E-state index in [1.165, 1.54) is 0 Å². The number of carbonyl (C=O) groups excluding carboxylic acids is 2. The Kier molecular flexibility index (Phi) is 5.59. The van der Waals surface area contributed by atoms with Gasteiger partial charge in [-0.2, -0.15) is 0 Å². The second kappa shape index (κ2) is 8.29. The quantitative estimate of drug-likeness (QED) is 0.795. The molecule has 2 aliphatic rings. The number of hydrogen-bond acceptors (Lipinski definition) is 6. The molecule has 6 nitrogen and oxygen atoms in total. The summed E-state index contributed by atoms with van der Waals surface area (Å²) in [5, 5.41) is 0. The molecule has 4 rings (SSSR count). The zero-order chi connectivity index (χ0) is 19.4. The van der Waals surface area contributed by atoms with Gasteiger partial charge in [0.2, 0.25) is 0 Å². The Balaban J connectivity index is 1.80. The molecule has 0 aliphatic carbocycles. The summed E-state index contributed by atoms with van der Waals surface area (Å²) in [6, 6.07) is 12.0. The number of Topliss-reactive ketones (excluding diaryl/α,β-unsaturated/α-hetero) is 2. The number of aromatic nitrogens is 2. The summed E-state index contributed by atoms with van der Waals surface area (Å²) < 4.78 is 0. The third-order valence-electron chi connectivity index (χ3n) is 5.92. The van der Waals surface area contributed by atoms with Gasteiger partial charge in [0.05, 0.1) is 5.69 Å². The van der Waals surface area contributed by atoms with E-state index in [-0.39, 0.29) is 0 Å². The largest absolute Gasteiger partial charge is 0.300 e. The maximum atomic E-state index is 11.9. The highest BCUT2D eigenvalue weighted by atomic mass is 16.1. The predicted molar refractivity (Wildman–Crippen MR) is 105 cm³/mol. The van der Waals surface area contributed by atoms with E-state index >= 15 is 0 Å². The van der Waals surface area contributed by atoms with Crippen LogP contribution in [0.1, 0.15) is 37.1 Å². The summed E-state index contributed by atoms with van der Waals surface area (Å²) in [7, 11) is 0. The topological polar surface area (TPSA) is 66.4 Å². The minimum atomic E-state index is -0.503. The first-order valence-corrected chi connectivity index (χ1v) is 10.0. The number of rotatable bonds is 5. The average molecular weight is 378 g/mol. The molecular formula is C22H26N4O2. The highest BCUT2D eigenvalue weighted by Gasteiger charge is 2.47. The van der Waals surface area contributed by atoms with Crippen LogP contribution in [0.15, 0.2) is 48.8 Å². The van der Waals surface area contributed by atoms with Crippen LogP contribution in [-0.4, -0.2) is 57.5 Å². The molecule has 2 aromatic heterocycles. The Bertz CT molecular complexity index is 777. The van der Waals surface area contributed by atoms with Crippen molar-refractivity contribution in [3.05, 3.63) is 60.2 Å². The van der Waals surface area contributed by atoms with E-state index in [1.54, 1.807) is 0 Å². The van der Waals surface area contributed by atoms with Crippen molar-refractivity contribution in [2.75, 3.05) is 26.2 Å². The molecule has 2 saturated heterocycles. The van der Waals surface area contributed by atoms with Crippen LogP contribution < -0.4 is 0 Å². The third-order valence-corrected chi connectivity index (χ3v) is 5.92. The smallest absolute Gasteiger partial charge is 0.135 e. The van der Waals surface area contributed by atoms with Crippen LogP contribution in [0.4, 0.5) is 0 Å². The second-order valence-electron chi connectivity index (χ2n) is 7.58. The number of ketones is 2. The summed E-state index contributed by atoms with van der Waals surface area (Å²) >= 11 is 0. The maximum Gasteiger partial charge on any atom is 0.135 e. The van der Waals surface area contributed by atoms with Crippen LogP contribution in [0.25, 0.3) is 0 Å². The number of carbonyl (C=O) groups is 2. The lowest BCUT2D eigenvalue weighted by molar-refractivity contribution is -0.134. The van der Waals surface area contributed by atoms with Gasteiger partial charge >= 0.3 is 0 Å². The first kappa shape index (κ1) is 18.9. The monoisotopic (exact) mass is 378 g/mol. The highest BCUT2D eigenvalue weighted by Crippen LogP contribution is 2.38. The first-order chi connectivity index (χ1) is 13.7. The van der Waals surface area contributed by atoms with Gasteiger partial charge in [0, 0.05) is 76.4 Å². The number of nitrogens with zero attached hydrogens (tertiary/aromatic N) is 4. The molecule has 28 heavy (non-hydrogen) atoms. The van der Waals surface area contributed by atoms with Gasteiger partial charge in [0.1, 0.15) is 17.2 Å². The standard InChI is InChI=1S/C22H26N4O2/c27-19-7-13-25(14-8-19)22(21-6-2-4-12-24-21,17-18-5-1-3-11-23-18)26-15-9-20(28)10-16-26/h1-6,11-12H,7-10,13-17H2. The van der Waals surface area contributed by atoms with Crippen molar-refractivity contribution in [1.82, 2.24) is 19.8 Å².